The van der Waals surface area contributed by atoms with Gasteiger partial charge in [0.25, 0.3) is 5.69 Å². The summed E-state index contributed by atoms with van der Waals surface area (Å²) < 4.78 is 16.3. The quantitative estimate of drug-likeness (QED) is 0.458. The molecule has 1 aromatic carbocycles. The van der Waals surface area contributed by atoms with Crippen LogP contribution in [0.1, 0.15) is 13.8 Å². The van der Waals surface area contributed by atoms with Gasteiger partial charge in [0.05, 0.1) is 4.92 Å². The molecule has 0 bridgehead atoms. The molecular formula is C10H13NO5P-. The van der Waals surface area contributed by atoms with Gasteiger partial charge in [0.1, 0.15) is 5.75 Å². The fraction of sp³-hybridized carbons (Fsp3) is 0.400. The van der Waals surface area contributed by atoms with Gasteiger partial charge in [-0.15, -0.1) is 0 Å². The van der Waals surface area contributed by atoms with E-state index in [9.17, 15) is 19.6 Å². The van der Waals surface area contributed by atoms with Crippen LogP contribution in [0.15, 0.2) is 24.3 Å². The lowest BCUT2D eigenvalue weighted by molar-refractivity contribution is -0.384. The van der Waals surface area contributed by atoms with Gasteiger partial charge in [-0.3, -0.25) is 14.7 Å². The predicted molar refractivity (Wildman–Crippen MR) is 61.0 cm³/mol. The molecule has 1 atom stereocenters. The van der Waals surface area contributed by atoms with Gasteiger partial charge in [-0.25, -0.2) is 0 Å². The van der Waals surface area contributed by atoms with E-state index in [0.717, 1.165) is 0 Å². The summed E-state index contributed by atoms with van der Waals surface area (Å²) in [7, 11) is -3.93. The number of nitro groups is 1. The van der Waals surface area contributed by atoms with Crippen LogP contribution in [0.5, 0.6) is 5.75 Å². The highest BCUT2D eigenvalue weighted by Crippen LogP contribution is 2.40. The van der Waals surface area contributed by atoms with Crippen LogP contribution in [0.25, 0.3) is 0 Å². The Morgan fingerprint density at radius 3 is 2.29 bits per heavy atom. The first kappa shape index (κ1) is 13.7. The molecule has 0 amide bonds. The Kier molecular flexibility index (Phi) is 4.26. The van der Waals surface area contributed by atoms with Crippen LogP contribution in [-0.2, 0) is 4.57 Å². The lowest BCUT2D eigenvalue weighted by atomic mass is 10.3. The van der Waals surface area contributed by atoms with Crippen LogP contribution < -0.4 is 9.42 Å². The van der Waals surface area contributed by atoms with Crippen LogP contribution in [0, 0.1) is 16.0 Å². The average molecular weight is 258 g/mol. The van der Waals surface area contributed by atoms with E-state index in [4.69, 9.17) is 4.52 Å². The summed E-state index contributed by atoms with van der Waals surface area (Å²) >= 11 is 0. The lowest BCUT2D eigenvalue weighted by Crippen LogP contribution is -2.14. The number of non-ortho nitro benzene ring substituents is 1. The first-order valence-corrected chi connectivity index (χ1v) is 6.77. The Bertz CT molecular complexity index is 443. The van der Waals surface area contributed by atoms with Gasteiger partial charge in [0, 0.05) is 18.3 Å². The molecule has 7 heteroatoms. The van der Waals surface area contributed by atoms with Crippen LogP contribution in [0.4, 0.5) is 5.69 Å². The molecule has 0 aliphatic heterocycles. The molecule has 0 saturated heterocycles. The molecular weight excluding hydrogens is 245 g/mol. The van der Waals surface area contributed by atoms with Crippen molar-refractivity contribution in [2.24, 2.45) is 5.92 Å². The van der Waals surface area contributed by atoms with Crippen molar-refractivity contribution in [3.8, 4) is 5.75 Å². The van der Waals surface area contributed by atoms with Gasteiger partial charge in [-0.05, 0) is 18.1 Å². The second kappa shape index (κ2) is 5.29. The number of hydrogen-bond donors (Lipinski definition) is 0. The second-order valence-corrected chi connectivity index (χ2v) is 5.80. The van der Waals surface area contributed by atoms with E-state index < -0.39 is 12.5 Å². The number of rotatable bonds is 5. The smallest absolute Gasteiger partial charge is 0.269 e. The molecule has 1 rings (SSSR count). The number of hydrogen-bond acceptors (Lipinski definition) is 5. The highest BCUT2D eigenvalue weighted by Gasteiger charge is 2.13. The monoisotopic (exact) mass is 258 g/mol. The van der Waals surface area contributed by atoms with E-state index in [1.165, 1.54) is 24.3 Å². The molecule has 0 radical (unpaired) electrons. The molecule has 0 saturated carbocycles. The first-order chi connectivity index (χ1) is 7.80. The Hall–Kier alpha value is -1.39. The summed E-state index contributed by atoms with van der Waals surface area (Å²) in [6, 6.07) is 4.93. The number of nitro benzene ring substituents is 1. The Balaban J connectivity index is 2.75. The Morgan fingerprint density at radius 1 is 1.35 bits per heavy atom. The highest BCUT2D eigenvalue weighted by molar-refractivity contribution is 7.51. The molecule has 94 valence electrons. The van der Waals surface area contributed by atoms with Crippen molar-refractivity contribution in [1.82, 2.24) is 0 Å². The van der Waals surface area contributed by atoms with E-state index in [0.29, 0.717) is 0 Å². The third kappa shape index (κ3) is 4.54. The zero-order valence-corrected chi connectivity index (χ0v) is 10.4. The first-order valence-electron chi connectivity index (χ1n) is 5.04. The van der Waals surface area contributed by atoms with Crippen molar-refractivity contribution in [2.45, 2.75) is 13.8 Å². The highest BCUT2D eigenvalue weighted by atomic mass is 31.2. The maximum Gasteiger partial charge on any atom is 0.269 e. The summed E-state index contributed by atoms with van der Waals surface area (Å²) in [6.07, 6.45) is -0.0655. The predicted octanol–water partition coefficient (Wildman–Crippen LogP) is 2.18. The van der Waals surface area contributed by atoms with Gasteiger partial charge in [-0.2, -0.15) is 0 Å². The summed E-state index contributed by atoms with van der Waals surface area (Å²) in [5.41, 5.74) is -0.109. The molecule has 0 aliphatic rings. The fourth-order valence-electron chi connectivity index (χ4n) is 1.27. The molecule has 0 N–H and O–H groups in total. The van der Waals surface area contributed by atoms with Gasteiger partial charge >= 0.3 is 0 Å². The van der Waals surface area contributed by atoms with E-state index in [-0.39, 0.29) is 23.5 Å². The summed E-state index contributed by atoms with van der Waals surface area (Å²) in [6.45, 7) is 3.54. The average Bonchev–Trinajstić information content (AvgIpc) is 2.15. The zero-order chi connectivity index (χ0) is 13.1. The van der Waals surface area contributed by atoms with Crippen molar-refractivity contribution in [2.75, 3.05) is 6.16 Å². The topological polar surface area (TPSA) is 92.5 Å². The SMILES string of the molecule is CC(C)CP(=O)([O-])Oc1ccc([N+](=O)[O-])cc1. The van der Waals surface area contributed by atoms with Crippen LogP contribution >= 0.6 is 7.60 Å². The minimum absolute atomic E-state index is 0.0311. The van der Waals surface area contributed by atoms with E-state index in [1.54, 1.807) is 13.8 Å². The van der Waals surface area contributed by atoms with Crippen molar-refractivity contribution in [3.63, 3.8) is 0 Å². The fourth-order valence-corrected chi connectivity index (χ4v) is 2.69. The molecule has 6 nitrogen and oxygen atoms in total. The molecule has 17 heavy (non-hydrogen) atoms. The molecule has 1 unspecified atom stereocenters. The maximum atomic E-state index is 11.5. The third-order valence-electron chi connectivity index (χ3n) is 1.88. The standard InChI is InChI=1S/C10H14NO5P/c1-8(2)7-17(14,15)16-10-5-3-9(4-6-10)11(12)13/h3-6,8H,7H2,1-2H3,(H,14,15)/p-1. The largest absolute Gasteiger partial charge is 0.769 e. The van der Waals surface area contributed by atoms with Crippen molar-refractivity contribution >= 4 is 13.3 Å². The van der Waals surface area contributed by atoms with E-state index in [1.807, 2.05) is 0 Å². The normalized spacial score (nSPS) is 14.4. The summed E-state index contributed by atoms with van der Waals surface area (Å²) in [5.74, 6) is 0.0611. The second-order valence-electron chi connectivity index (χ2n) is 4.03. The summed E-state index contributed by atoms with van der Waals surface area (Å²) in [4.78, 5) is 21.3. The van der Waals surface area contributed by atoms with E-state index in [2.05, 4.69) is 0 Å². The number of nitrogens with zero attached hydrogens (tertiary/aromatic N) is 1. The third-order valence-corrected chi connectivity index (χ3v) is 3.55. The van der Waals surface area contributed by atoms with Crippen molar-refractivity contribution in [1.29, 1.82) is 0 Å². The molecule has 0 aromatic heterocycles. The van der Waals surface area contributed by atoms with Crippen molar-refractivity contribution < 1.29 is 18.9 Å². The Morgan fingerprint density at radius 2 is 1.88 bits per heavy atom. The van der Waals surface area contributed by atoms with Gasteiger partial charge in [0.2, 0.25) is 0 Å². The molecule has 1 aromatic rings. The number of benzene rings is 1. The van der Waals surface area contributed by atoms with Crippen LogP contribution in [0.2, 0.25) is 0 Å². The Labute approximate surface area is 98.9 Å². The minimum atomic E-state index is -3.93. The van der Waals surface area contributed by atoms with Crippen molar-refractivity contribution in [3.05, 3.63) is 34.4 Å². The van der Waals surface area contributed by atoms with Gasteiger partial charge in [0.15, 0.2) is 7.60 Å². The molecule has 0 fully saturated rings. The molecule has 0 aliphatic carbocycles. The van der Waals surface area contributed by atoms with E-state index >= 15 is 0 Å². The van der Waals surface area contributed by atoms with Crippen LogP contribution in [-0.4, -0.2) is 11.1 Å². The maximum absolute atomic E-state index is 11.5. The van der Waals surface area contributed by atoms with Gasteiger partial charge < -0.3 is 9.42 Å². The minimum Gasteiger partial charge on any atom is -0.769 e. The van der Waals surface area contributed by atoms with Gasteiger partial charge in [-0.1, -0.05) is 13.8 Å². The molecule has 0 heterocycles. The summed E-state index contributed by atoms with van der Waals surface area (Å²) in [5, 5.41) is 10.4. The van der Waals surface area contributed by atoms with Crippen LogP contribution in [0.3, 0.4) is 0 Å². The molecule has 0 spiro atoms. The zero-order valence-electron chi connectivity index (χ0n) is 9.53. The lowest BCUT2D eigenvalue weighted by Gasteiger charge is -2.25.